The first-order valence-electron chi connectivity index (χ1n) is 6.59. The second-order valence-corrected chi connectivity index (χ2v) is 4.94. The number of aryl methyl sites for hydroxylation is 1. The summed E-state index contributed by atoms with van der Waals surface area (Å²) in [6.45, 7) is 3.97. The van der Waals surface area contributed by atoms with Gasteiger partial charge in [0.15, 0.2) is 0 Å². The second-order valence-electron chi connectivity index (χ2n) is 4.94. The van der Waals surface area contributed by atoms with Crippen molar-refractivity contribution in [3.05, 3.63) is 65.2 Å². The first-order chi connectivity index (χ1) is 9.60. The summed E-state index contributed by atoms with van der Waals surface area (Å²) in [6, 6.07) is 17.2. The van der Waals surface area contributed by atoms with Crippen LogP contribution in [0.4, 0.5) is 0 Å². The molecule has 2 aromatic rings. The molecule has 0 bridgehead atoms. The minimum Gasteiger partial charge on any atom is -0.484 e. The van der Waals surface area contributed by atoms with Gasteiger partial charge in [-0.15, -0.1) is 0 Å². The number of rotatable bonds is 4. The summed E-state index contributed by atoms with van der Waals surface area (Å²) in [7, 11) is 0. The molecule has 2 rings (SSSR count). The lowest BCUT2D eigenvalue weighted by atomic mass is 10.0. The zero-order valence-electron chi connectivity index (χ0n) is 11.7. The minimum atomic E-state index is -0.205. The largest absolute Gasteiger partial charge is 0.484 e. The van der Waals surface area contributed by atoms with Gasteiger partial charge in [0.1, 0.15) is 11.9 Å². The van der Waals surface area contributed by atoms with E-state index in [0.29, 0.717) is 11.3 Å². The van der Waals surface area contributed by atoms with E-state index in [-0.39, 0.29) is 12.1 Å². The predicted octanol–water partition coefficient (Wildman–Crippen LogP) is 3.33. The van der Waals surface area contributed by atoms with E-state index in [0.717, 1.165) is 5.56 Å². The van der Waals surface area contributed by atoms with Gasteiger partial charge in [-0.25, -0.2) is 0 Å². The van der Waals surface area contributed by atoms with E-state index in [2.05, 4.69) is 6.07 Å². The molecule has 3 nitrogen and oxygen atoms in total. The molecule has 0 heterocycles. The first-order valence-corrected chi connectivity index (χ1v) is 6.59. The van der Waals surface area contributed by atoms with Gasteiger partial charge in [0.25, 0.3) is 0 Å². The van der Waals surface area contributed by atoms with Crippen LogP contribution in [0.15, 0.2) is 48.5 Å². The molecule has 0 aliphatic carbocycles. The Hall–Kier alpha value is -2.31. The van der Waals surface area contributed by atoms with Crippen molar-refractivity contribution in [3.63, 3.8) is 0 Å². The molecule has 20 heavy (non-hydrogen) atoms. The van der Waals surface area contributed by atoms with Crippen LogP contribution in [0.3, 0.4) is 0 Å². The molecule has 2 aromatic carbocycles. The van der Waals surface area contributed by atoms with E-state index in [9.17, 15) is 0 Å². The van der Waals surface area contributed by atoms with Crippen molar-refractivity contribution in [2.24, 2.45) is 5.73 Å². The van der Waals surface area contributed by atoms with Gasteiger partial charge in [-0.05, 0) is 43.7 Å². The third kappa shape index (κ3) is 3.37. The maximum atomic E-state index is 8.79. The summed E-state index contributed by atoms with van der Waals surface area (Å²) >= 11 is 0. The standard InChI is InChI=1S/C17H18N2O/c1-12-3-7-15(8-4-12)17(13(2)19)20-16-9-5-14(11-18)6-10-16/h3-10,13,17H,19H2,1-2H3/t13?,17-/m0/s1. The summed E-state index contributed by atoms with van der Waals surface area (Å²) < 4.78 is 5.97. The highest BCUT2D eigenvalue weighted by molar-refractivity contribution is 5.35. The normalized spacial score (nSPS) is 13.3. The molecule has 0 saturated heterocycles. The van der Waals surface area contributed by atoms with Crippen LogP contribution in [0.2, 0.25) is 0 Å². The molecule has 2 N–H and O–H groups in total. The Balaban J connectivity index is 2.21. The van der Waals surface area contributed by atoms with Crippen molar-refractivity contribution < 1.29 is 4.74 Å². The number of hydrogen-bond donors (Lipinski definition) is 1. The fourth-order valence-corrected chi connectivity index (χ4v) is 1.99. The van der Waals surface area contributed by atoms with Gasteiger partial charge in [-0.3, -0.25) is 0 Å². The van der Waals surface area contributed by atoms with Crippen molar-refractivity contribution >= 4 is 0 Å². The first kappa shape index (κ1) is 14.1. The van der Waals surface area contributed by atoms with Crippen LogP contribution >= 0.6 is 0 Å². The lowest BCUT2D eigenvalue weighted by Crippen LogP contribution is -2.29. The van der Waals surface area contributed by atoms with Gasteiger partial charge < -0.3 is 10.5 Å². The predicted molar refractivity (Wildman–Crippen MR) is 79.4 cm³/mol. The van der Waals surface area contributed by atoms with Crippen molar-refractivity contribution in [2.45, 2.75) is 26.0 Å². The summed E-state index contributed by atoms with van der Waals surface area (Å²) in [4.78, 5) is 0. The number of nitrogens with two attached hydrogens (primary N) is 1. The Morgan fingerprint density at radius 3 is 2.15 bits per heavy atom. The van der Waals surface area contributed by atoms with E-state index < -0.39 is 0 Å². The molecule has 3 heteroatoms. The van der Waals surface area contributed by atoms with E-state index in [4.69, 9.17) is 15.7 Å². The molecule has 1 unspecified atom stereocenters. The van der Waals surface area contributed by atoms with Crippen LogP contribution in [-0.2, 0) is 0 Å². The molecule has 2 atom stereocenters. The highest BCUT2D eigenvalue weighted by Gasteiger charge is 2.18. The number of ether oxygens (including phenoxy) is 1. The lowest BCUT2D eigenvalue weighted by molar-refractivity contribution is 0.180. The van der Waals surface area contributed by atoms with Gasteiger partial charge >= 0.3 is 0 Å². The summed E-state index contributed by atoms with van der Waals surface area (Å²) in [5.41, 5.74) is 8.90. The van der Waals surface area contributed by atoms with Crippen molar-refractivity contribution in [1.82, 2.24) is 0 Å². The van der Waals surface area contributed by atoms with Crippen molar-refractivity contribution in [3.8, 4) is 11.8 Å². The molecular formula is C17H18N2O. The molecule has 0 aromatic heterocycles. The van der Waals surface area contributed by atoms with Crippen LogP contribution in [0, 0.1) is 18.3 Å². The zero-order chi connectivity index (χ0) is 14.5. The van der Waals surface area contributed by atoms with E-state index in [1.165, 1.54) is 5.56 Å². The van der Waals surface area contributed by atoms with E-state index >= 15 is 0 Å². The topological polar surface area (TPSA) is 59.0 Å². The van der Waals surface area contributed by atoms with Gasteiger partial charge in [-0.2, -0.15) is 5.26 Å². The van der Waals surface area contributed by atoms with Crippen molar-refractivity contribution in [1.29, 1.82) is 5.26 Å². The van der Waals surface area contributed by atoms with Gasteiger partial charge in [0.2, 0.25) is 0 Å². The van der Waals surface area contributed by atoms with Crippen molar-refractivity contribution in [2.75, 3.05) is 0 Å². The molecule has 0 amide bonds. The second kappa shape index (κ2) is 6.23. The van der Waals surface area contributed by atoms with Crippen LogP contribution in [-0.4, -0.2) is 6.04 Å². The molecule has 102 valence electrons. The zero-order valence-corrected chi connectivity index (χ0v) is 11.7. The summed E-state index contributed by atoms with van der Waals surface area (Å²) in [5, 5.41) is 8.79. The highest BCUT2D eigenvalue weighted by Crippen LogP contribution is 2.24. The molecule has 0 aliphatic heterocycles. The monoisotopic (exact) mass is 266 g/mol. The Bertz CT molecular complexity index is 594. The average Bonchev–Trinajstić information content (AvgIpc) is 2.46. The summed E-state index contributed by atoms with van der Waals surface area (Å²) in [5.74, 6) is 0.715. The van der Waals surface area contributed by atoms with Crippen LogP contribution in [0.1, 0.15) is 29.7 Å². The summed E-state index contributed by atoms with van der Waals surface area (Å²) in [6.07, 6.45) is -0.205. The van der Waals surface area contributed by atoms with Crippen LogP contribution < -0.4 is 10.5 Å². The average molecular weight is 266 g/mol. The van der Waals surface area contributed by atoms with Gasteiger partial charge in [0.05, 0.1) is 11.6 Å². The minimum absolute atomic E-state index is 0.131. The Kier molecular flexibility index (Phi) is 4.39. The Morgan fingerprint density at radius 1 is 1.05 bits per heavy atom. The maximum absolute atomic E-state index is 8.79. The van der Waals surface area contributed by atoms with E-state index in [1.54, 1.807) is 24.3 Å². The molecule has 0 aliphatic rings. The fourth-order valence-electron chi connectivity index (χ4n) is 1.99. The third-order valence-corrected chi connectivity index (χ3v) is 3.13. The molecule has 0 saturated carbocycles. The number of benzene rings is 2. The van der Waals surface area contributed by atoms with Gasteiger partial charge in [0, 0.05) is 6.04 Å². The molecule has 0 fully saturated rings. The smallest absolute Gasteiger partial charge is 0.138 e. The fraction of sp³-hybridized carbons (Fsp3) is 0.235. The molecule has 0 spiro atoms. The number of nitriles is 1. The lowest BCUT2D eigenvalue weighted by Gasteiger charge is -2.23. The Labute approximate surface area is 119 Å². The van der Waals surface area contributed by atoms with Crippen LogP contribution in [0.25, 0.3) is 0 Å². The molecule has 0 radical (unpaired) electrons. The third-order valence-electron chi connectivity index (χ3n) is 3.13. The quantitative estimate of drug-likeness (QED) is 0.923. The van der Waals surface area contributed by atoms with Gasteiger partial charge in [-0.1, -0.05) is 29.8 Å². The maximum Gasteiger partial charge on any atom is 0.138 e. The SMILES string of the molecule is Cc1ccc([C@@H](Oc2ccc(C#N)cc2)C(C)N)cc1. The molecular weight excluding hydrogens is 248 g/mol. The number of hydrogen-bond acceptors (Lipinski definition) is 3. The van der Waals surface area contributed by atoms with Crippen LogP contribution in [0.5, 0.6) is 5.75 Å². The number of nitrogens with zero attached hydrogens (tertiary/aromatic N) is 1. The van der Waals surface area contributed by atoms with E-state index in [1.807, 2.05) is 38.1 Å². The highest BCUT2D eigenvalue weighted by atomic mass is 16.5. The Morgan fingerprint density at radius 2 is 1.65 bits per heavy atom.